The van der Waals surface area contributed by atoms with Crippen LogP contribution in [0, 0.1) is 0 Å². The van der Waals surface area contributed by atoms with E-state index in [1.165, 1.54) is 7.11 Å². The van der Waals surface area contributed by atoms with Crippen LogP contribution in [0.3, 0.4) is 0 Å². The van der Waals surface area contributed by atoms with Gasteiger partial charge in [0.2, 0.25) is 0 Å². The van der Waals surface area contributed by atoms with Crippen molar-refractivity contribution in [3.05, 3.63) is 12.0 Å². The molecule has 0 radical (unpaired) electrons. The van der Waals surface area contributed by atoms with Gasteiger partial charge in [0.25, 0.3) is 0 Å². The van der Waals surface area contributed by atoms with Crippen LogP contribution in [-0.2, 0) is 6.54 Å². The molecule has 4 nitrogen and oxygen atoms in total. The maximum atomic E-state index is 4.94. The highest BCUT2D eigenvalue weighted by molar-refractivity contribution is 4.98. The number of methoxy groups -OCH3 is 1. The SMILES string of the molecule is CCNCc1coc(OC)n1. The third-order valence-corrected chi connectivity index (χ3v) is 1.26. The summed E-state index contributed by atoms with van der Waals surface area (Å²) in [6, 6.07) is 0. The highest BCUT2D eigenvalue weighted by Crippen LogP contribution is 2.08. The molecule has 0 aliphatic carbocycles. The predicted molar refractivity (Wildman–Crippen MR) is 40.4 cm³/mol. The molecule has 0 bridgehead atoms. The zero-order valence-corrected chi connectivity index (χ0v) is 6.76. The number of ether oxygens (including phenoxy) is 1. The van der Waals surface area contributed by atoms with Gasteiger partial charge in [-0.2, -0.15) is 4.98 Å². The minimum atomic E-state index is 0.318. The van der Waals surface area contributed by atoms with Crippen LogP contribution in [-0.4, -0.2) is 18.6 Å². The smallest absolute Gasteiger partial charge is 0.393 e. The highest BCUT2D eigenvalue weighted by atomic mass is 16.6. The lowest BCUT2D eigenvalue weighted by Crippen LogP contribution is -2.11. The minimum Gasteiger partial charge on any atom is -0.454 e. The molecule has 62 valence electrons. The molecule has 1 aromatic rings. The number of rotatable bonds is 4. The van der Waals surface area contributed by atoms with Crippen molar-refractivity contribution < 1.29 is 9.15 Å². The van der Waals surface area contributed by atoms with Gasteiger partial charge >= 0.3 is 6.08 Å². The Morgan fingerprint density at radius 2 is 2.55 bits per heavy atom. The molecular formula is C7H12N2O2. The van der Waals surface area contributed by atoms with Crippen molar-refractivity contribution in [2.45, 2.75) is 13.5 Å². The quantitative estimate of drug-likeness (QED) is 0.700. The molecule has 0 aromatic carbocycles. The van der Waals surface area contributed by atoms with Crippen LogP contribution in [0.1, 0.15) is 12.6 Å². The topological polar surface area (TPSA) is 47.3 Å². The second-order valence-corrected chi connectivity index (χ2v) is 2.09. The van der Waals surface area contributed by atoms with E-state index in [-0.39, 0.29) is 0 Å². The number of aromatic nitrogens is 1. The first-order valence-electron chi connectivity index (χ1n) is 3.56. The van der Waals surface area contributed by atoms with Crippen molar-refractivity contribution >= 4 is 0 Å². The number of oxazole rings is 1. The van der Waals surface area contributed by atoms with E-state index in [1.807, 2.05) is 6.92 Å². The molecule has 0 aliphatic rings. The molecule has 0 unspecified atom stereocenters. The highest BCUT2D eigenvalue weighted by Gasteiger charge is 2.00. The summed E-state index contributed by atoms with van der Waals surface area (Å²) in [5.74, 6) is 0. The number of hydrogen-bond acceptors (Lipinski definition) is 4. The van der Waals surface area contributed by atoms with E-state index < -0.39 is 0 Å². The average Bonchev–Trinajstić information content (AvgIpc) is 2.48. The van der Waals surface area contributed by atoms with Crippen LogP contribution < -0.4 is 10.1 Å². The number of hydrogen-bond donors (Lipinski definition) is 1. The molecule has 1 rings (SSSR count). The van der Waals surface area contributed by atoms with Gasteiger partial charge in [-0.15, -0.1) is 0 Å². The Morgan fingerprint density at radius 1 is 1.73 bits per heavy atom. The van der Waals surface area contributed by atoms with Crippen LogP contribution in [0.2, 0.25) is 0 Å². The van der Waals surface area contributed by atoms with Crippen LogP contribution >= 0.6 is 0 Å². The van der Waals surface area contributed by atoms with Gasteiger partial charge in [-0.1, -0.05) is 6.92 Å². The van der Waals surface area contributed by atoms with E-state index in [4.69, 9.17) is 9.15 Å². The van der Waals surface area contributed by atoms with Gasteiger partial charge in [0.15, 0.2) is 0 Å². The molecule has 4 heteroatoms. The fourth-order valence-electron chi connectivity index (χ4n) is 0.716. The maximum Gasteiger partial charge on any atom is 0.393 e. The normalized spacial score (nSPS) is 10.0. The van der Waals surface area contributed by atoms with Gasteiger partial charge in [0.1, 0.15) is 6.26 Å². The fourth-order valence-corrected chi connectivity index (χ4v) is 0.716. The van der Waals surface area contributed by atoms with E-state index >= 15 is 0 Å². The third kappa shape index (κ3) is 2.23. The molecule has 0 fully saturated rings. The summed E-state index contributed by atoms with van der Waals surface area (Å²) >= 11 is 0. The Balaban J connectivity index is 2.44. The van der Waals surface area contributed by atoms with E-state index in [0.29, 0.717) is 6.08 Å². The Morgan fingerprint density at radius 3 is 3.09 bits per heavy atom. The van der Waals surface area contributed by atoms with E-state index in [1.54, 1.807) is 6.26 Å². The Hall–Kier alpha value is -1.03. The first-order valence-corrected chi connectivity index (χ1v) is 3.56. The third-order valence-electron chi connectivity index (χ3n) is 1.26. The number of nitrogens with zero attached hydrogens (tertiary/aromatic N) is 1. The molecule has 11 heavy (non-hydrogen) atoms. The molecule has 0 saturated heterocycles. The maximum absolute atomic E-state index is 4.94. The molecule has 0 atom stereocenters. The largest absolute Gasteiger partial charge is 0.454 e. The summed E-state index contributed by atoms with van der Waals surface area (Å²) in [5, 5.41) is 3.12. The van der Waals surface area contributed by atoms with E-state index in [0.717, 1.165) is 18.8 Å². The molecule has 0 amide bonds. The van der Waals surface area contributed by atoms with Gasteiger partial charge in [0.05, 0.1) is 12.8 Å². The average molecular weight is 156 g/mol. The van der Waals surface area contributed by atoms with Crippen molar-refractivity contribution in [2.24, 2.45) is 0 Å². The lowest BCUT2D eigenvalue weighted by molar-refractivity contribution is 0.290. The minimum absolute atomic E-state index is 0.318. The van der Waals surface area contributed by atoms with Crippen molar-refractivity contribution in [3.8, 4) is 6.08 Å². The molecule has 1 aromatic heterocycles. The van der Waals surface area contributed by atoms with Crippen LogP contribution in [0.4, 0.5) is 0 Å². The lowest BCUT2D eigenvalue weighted by Gasteiger charge is -1.93. The fraction of sp³-hybridized carbons (Fsp3) is 0.571. The zero-order valence-electron chi connectivity index (χ0n) is 6.76. The Kier molecular flexibility index (Phi) is 2.92. The summed E-state index contributed by atoms with van der Waals surface area (Å²) in [4.78, 5) is 4.01. The van der Waals surface area contributed by atoms with E-state index in [2.05, 4.69) is 10.3 Å². The second-order valence-electron chi connectivity index (χ2n) is 2.09. The van der Waals surface area contributed by atoms with Crippen molar-refractivity contribution in [2.75, 3.05) is 13.7 Å². The van der Waals surface area contributed by atoms with Crippen LogP contribution in [0.25, 0.3) is 0 Å². The van der Waals surface area contributed by atoms with Gasteiger partial charge in [-0.05, 0) is 6.54 Å². The van der Waals surface area contributed by atoms with Gasteiger partial charge in [0, 0.05) is 6.54 Å². The van der Waals surface area contributed by atoms with Crippen molar-refractivity contribution in [1.82, 2.24) is 10.3 Å². The first kappa shape index (κ1) is 8.07. The summed E-state index contributed by atoms with van der Waals surface area (Å²) in [7, 11) is 1.53. The van der Waals surface area contributed by atoms with Crippen LogP contribution in [0.5, 0.6) is 6.08 Å². The monoisotopic (exact) mass is 156 g/mol. The molecular weight excluding hydrogens is 144 g/mol. The summed E-state index contributed by atoms with van der Waals surface area (Å²) < 4.78 is 9.71. The summed E-state index contributed by atoms with van der Waals surface area (Å²) in [6.45, 7) is 3.69. The van der Waals surface area contributed by atoms with Crippen LogP contribution in [0.15, 0.2) is 10.7 Å². The van der Waals surface area contributed by atoms with Gasteiger partial charge in [-0.25, -0.2) is 0 Å². The molecule has 0 saturated carbocycles. The van der Waals surface area contributed by atoms with Crippen molar-refractivity contribution in [1.29, 1.82) is 0 Å². The Bertz CT molecular complexity index is 210. The molecule has 1 N–H and O–H groups in total. The summed E-state index contributed by atoms with van der Waals surface area (Å²) in [6.07, 6.45) is 1.90. The number of nitrogens with one attached hydrogen (secondary N) is 1. The standard InChI is InChI=1S/C7H12N2O2/c1-3-8-4-6-5-11-7(9-6)10-2/h5,8H,3-4H2,1-2H3. The molecule has 0 aliphatic heterocycles. The molecule has 0 spiro atoms. The predicted octanol–water partition coefficient (Wildman–Crippen LogP) is 0.793. The zero-order chi connectivity index (χ0) is 8.10. The summed E-state index contributed by atoms with van der Waals surface area (Å²) in [5.41, 5.74) is 0.865. The lowest BCUT2D eigenvalue weighted by atomic mass is 10.5. The van der Waals surface area contributed by atoms with E-state index in [9.17, 15) is 0 Å². The van der Waals surface area contributed by atoms with Gasteiger partial charge < -0.3 is 14.5 Å². The molecule has 1 heterocycles. The first-order chi connectivity index (χ1) is 5.36. The van der Waals surface area contributed by atoms with Crippen molar-refractivity contribution in [3.63, 3.8) is 0 Å². The Labute approximate surface area is 65.6 Å². The van der Waals surface area contributed by atoms with Gasteiger partial charge in [-0.3, -0.25) is 0 Å². The second kappa shape index (κ2) is 3.98.